The van der Waals surface area contributed by atoms with Crippen LogP contribution in [0.5, 0.6) is 5.75 Å². The molecule has 0 fully saturated rings. The predicted molar refractivity (Wildman–Crippen MR) is 94.0 cm³/mol. The molecule has 140 valence electrons. The van der Waals surface area contributed by atoms with E-state index in [0.717, 1.165) is 5.56 Å². The molecule has 0 spiro atoms. The molecule has 2 aromatic carbocycles. The second-order valence-corrected chi connectivity index (χ2v) is 5.85. The van der Waals surface area contributed by atoms with E-state index in [0.29, 0.717) is 5.56 Å². The molecule has 0 aliphatic heterocycles. The van der Waals surface area contributed by atoms with Crippen LogP contribution in [-0.2, 0) is 11.3 Å². The van der Waals surface area contributed by atoms with Gasteiger partial charge in [-0.25, -0.2) is 0 Å². The maximum absolute atomic E-state index is 12.8. The molecule has 3 rings (SSSR count). The third-order valence-corrected chi connectivity index (χ3v) is 3.91. The number of amides is 1. The second kappa shape index (κ2) is 7.99. The quantitative estimate of drug-likeness (QED) is 0.699. The average molecular weight is 374 g/mol. The van der Waals surface area contributed by atoms with Crippen molar-refractivity contribution < 1.29 is 22.7 Å². The van der Waals surface area contributed by atoms with Crippen LogP contribution in [0.15, 0.2) is 79.1 Å². The highest BCUT2D eigenvalue weighted by molar-refractivity contribution is 5.83. The molecule has 1 atom stereocenters. The zero-order chi connectivity index (χ0) is 19.3. The van der Waals surface area contributed by atoms with E-state index in [1.165, 1.54) is 24.3 Å². The molecular formula is C20H17F3N2O2. The Hall–Kier alpha value is -3.22. The van der Waals surface area contributed by atoms with Gasteiger partial charge in [-0.2, -0.15) is 0 Å². The minimum absolute atomic E-state index is 0.190. The molecule has 0 saturated carbocycles. The van der Waals surface area contributed by atoms with Gasteiger partial charge >= 0.3 is 6.36 Å². The number of carbonyl (C=O) groups excluding carboxylic acids is 1. The largest absolute Gasteiger partial charge is 0.573 e. The second-order valence-electron chi connectivity index (χ2n) is 5.85. The number of nitrogens with zero attached hydrogens (tertiary/aromatic N) is 1. The first kappa shape index (κ1) is 18.6. The highest BCUT2D eigenvalue weighted by Crippen LogP contribution is 2.23. The van der Waals surface area contributed by atoms with Crippen LogP contribution in [0.2, 0.25) is 0 Å². The number of benzene rings is 2. The van der Waals surface area contributed by atoms with Crippen molar-refractivity contribution in [2.24, 2.45) is 0 Å². The molecule has 1 heterocycles. The van der Waals surface area contributed by atoms with Gasteiger partial charge in [0, 0.05) is 18.9 Å². The normalized spacial score (nSPS) is 12.4. The van der Waals surface area contributed by atoms with Gasteiger partial charge in [-0.15, -0.1) is 13.2 Å². The summed E-state index contributed by atoms with van der Waals surface area (Å²) in [7, 11) is 0. The van der Waals surface area contributed by atoms with Crippen molar-refractivity contribution in [3.8, 4) is 5.75 Å². The molecule has 0 aliphatic carbocycles. The summed E-state index contributed by atoms with van der Waals surface area (Å²) < 4.78 is 42.2. The number of nitrogens with one attached hydrogen (secondary N) is 1. The van der Waals surface area contributed by atoms with Crippen molar-refractivity contribution in [2.45, 2.75) is 18.9 Å². The van der Waals surface area contributed by atoms with Crippen LogP contribution in [0, 0.1) is 0 Å². The molecule has 1 amide bonds. The van der Waals surface area contributed by atoms with Crippen LogP contribution in [0.4, 0.5) is 13.2 Å². The molecule has 1 N–H and O–H groups in total. The Bertz CT molecular complexity index is 861. The highest BCUT2D eigenvalue weighted by atomic mass is 19.4. The van der Waals surface area contributed by atoms with Crippen LogP contribution in [-0.4, -0.2) is 16.8 Å². The van der Waals surface area contributed by atoms with Gasteiger partial charge in [-0.05, 0) is 35.4 Å². The van der Waals surface area contributed by atoms with E-state index < -0.39 is 12.4 Å². The van der Waals surface area contributed by atoms with E-state index in [1.807, 2.05) is 42.5 Å². The fraction of sp³-hybridized carbons (Fsp3) is 0.150. The maximum Gasteiger partial charge on any atom is 0.573 e. The number of alkyl halides is 3. The number of rotatable bonds is 6. The minimum Gasteiger partial charge on any atom is -0.406 e. The summed E-state index contributed by atoms with van der Waals surface area (Å²) in [5.74, 6) is -0.514. The summed E-state index contributed by atoms with van der Waals surface area (Å²) >= 11 is 0. The number of hydrogen-bond acceptors (Lipinski definition) is 2. The molecule has 1 aromatic heterocycles. The molecule has 0 aliphatic rings. The van der Waals surface area contributed by atoms with Crippen molar-refractivity contribution in [3.05, 3.63) is 90.3 Å². The van der Waals surface area contributed by atoms with Crippen molar-refractivity contribution in [2.75, 3.05) is 0 Å². The van der Waals surface area contributed by atoms with Crippen molar-refractivity contribution in [1.29, 1.82) is 0 Å². The van der Waals surface area contributed by atoms with E-state index in [1.54, 1.807) is 17.0 Å². The van der Waals surface area contributed by atoms with E-state index in [2.05, 4.69) is 10.1 Å². The lowest BCUT2D eigenvalue weighted by Gasteiger charge is -2.19. The lowest BCUT2D eigenvalue weighted by atomic mass is 10.1. The standard InChI is InChI=1S/C20H17F3N2O2/c21-20(22,23)27-17-10-8-15(9-11-17)14-24-19(26)18(25-12-4-5-13-25)16-6-2-1-3-7-16/h1-13,18H,14H2,(H,24,26)/t18-/m1/s1. The lowest BCUT2D eigenvalue weighted by molar-refractivity contribution is -0.274. The molecule has 7 heteroatoms. The highest BCUT2D eigenvalue weighted by Gasteiger charge is 2.31. The Balaban J connectivity index is 1.68. The lowest BCUT2D eigenvalue weighted by Crippen LogP contribution is -2.32. The summed E-state index contributed by atoms with van der Waals surface area (Å²) in [6.07, 6.45) is -1.11. The van der Waals surface area contributed by atoms with E-state index in [9.17, 15) is 18.0 Å². The maximum atomic E-state index is 12.8. The van der Waals surface area contributed by atoms with Crippen molar-refractivity contribution in [1.82, 2.24) is 9.88 Å². The smallest absolute Gasteiger partial charge is 0.406 e. The van der Waals surface area contributed by atoms with Gasteiger partial charge in [0.05, 0.1) is 0 Å². The molecule has 4 nitrogen and oxygen atoms in total. The fourth-order valence-corrected chi connectivity index (χ4v) is 2.71. The van der Waals surface area contributed by atoms with Crippen molar-refractivity contribution in [3.63, 3.8) is 0 Å². The van der Waals surface area contributed by atoms with Crippen LogP contribution in [0.3, 0.4) is 0 Å². The topological polar surface area (TPSA) is 43.3 Å². The predicted octanol–water partition coefficient (Wildman–Crippen LogP) is 4.29. The molecule has 0 saturated heterocycles. The first-order chi connectivity index (χ1) is 12.9. The monoisotopic (exact) mass is 374 g/mol. The first-order valence-corrected chi connectivity index (χ1v) is 8.22. The summed E-state index contributed by atoms with van der Waals surface area (Å²) in [6, 6.07) is 17.9. The van der Waals surface area contributed by atoms with Gasteiger partial charge in [0.25, 0.3) is 0 Å². The molecule has 27 heavy (non-hydrogen) atoms. The van der Waals surface area contributed by atoms with Gasteiger partial charge in [-0.3, -0.25) is 4.79 Å². The summed E-state index contributed by atoms with van der Waals surface area (Å²) in [5.41, 5.74) is 1.50. The Morgan fingerprint density at radius 1 is 0.963 bits per heavy atom. The van der Waals surface area contributed by atoms with Gasteiger partial charge in [0.1, 0.15) is 11.8 Å². The van der Waals surface area contributed by atoms with Crippen molar-refractivity contribution >= 4 is 5.91 Å². The van der Waals surface area contributed by atoms with Gasteiger partial charge < -0.3 is 14.6 Å². The van der Waals surface area contributed by atoms with E-state index >= 15 is 0 Å². The third kappa shape index (κ3) is 5.13. The Labute approximate surface area is 154 Å². The first-order valence-electron chi connectivity index (χ1n) is 8.22. The Morgan fingerprint density at radius 3 is 2.19 bits per heavy atom. The third-order valence-electron chi connectivity index (χ3n) is 3.91. The van der Waals surface area contributed by atoms with Gasteiger partial charge in [-0.1, -0.05) is 42.5 Å². The van der Waals surface area contributed by atoms with Crippen LogP contribution in [0.1, 0.15) is 17.2 Å². The number of aromatic nitrogens is 1. The van der Waals surface area contributed by atoms with Gasteiger partial charge in [0.15, 0.2) is 0 Å². The van der Waals surface area contributed by atoms with E-state index in [-0.39, 0.29) is 18.2 Å². The molecule has 0 radical (unpaired) electrons. The molecular weight excluding hydrogens is 357 g/mol. The van der Waals surface area contributed by atoms with E-state index in [4.69, 9.17) is 0 Å². The fourth-order valence-electron chi connectivity index (χ4n) is 2.71. The summed E-state index contributed by atoms with van der Waals surface area (Å²) in [5, 5.41) is 2.83. The number of carbonyl (C=O) groups is 1. The number of hydrogen-bond donors (Lipinski definition) is 1. The number of halogens is 3. The molecule has 0 bridgehead atoms. The Morgan fingerprint density at radius 2 is 1.59 bits per heavy atom. The zero-order valence-electron chi connectivity index (χ0n) is 14.2. The van der Waals surface area contributed by atoms with Crippen LogP contribution >= 0.6 is 0 Å². The van der Waals surface area contributed by atoms with Crippen LogP contribution in [0.25, 0.3) is 0 Å². The minimum atomic E-state index is -4.73. The zero-order valence-corrected chi connectivity index (χ0v) is 14.2. The van der Waals surface area contributed by atoms with Gasteiger partial charge in [0.2, 0.25) is 5.91 Å². The Kier molecular flexibility index (Phi) is 5.49. The van der Waals surface area contributed by atoms with Crippen LogP contribution < -0.4 is 10.1 Å². The summed E-state index contributed by atoms with van der Waals surface area (Å²) in [6.45, 7) is 0.190. The number of ether oxygens (including phenoxy) is 1. The average Bonchev–Trinajstić information content (AvgIpc) is 3.15. The molecule has 0 unspecified atom stereocenters. The summed E-state index contributed by atoms with van der Waals surface area (Å²) in [4.78, 5) is 12.8. The molecule has 3 aromatic rings. The SMILES string of the molecule is O=C(NCc1ccc(OC(F)(F)F)cc1)[C@@H](c1ccccc1)n1cccc1.